The molecule has 1 aromatic heterocycles. The number of hydrogen-bond donors (Lipinski definition) is 1. The highest BCUT2D eigenvalue weighted by molar-refractivity contribution is 7.13. The van der Waals surface area contributed by atoms with E-state index < -0.39 is 0 Å². The van der Waals surface area contributed by atoms with E-state index in [4.69, 9.17) is 10.5 Å². The molecule has 2 unspecified atom stereocenters. The molecule has 84 valence electrons. The summed E-state index contributed by atoms with van der Waals surface area (Å²) in [6, 6.07) is 0. The average Bonchev–Trinajstić information content (AvgIpc) is 2.75. The fraction of sp³-hybridized carbons (Fsp3) is 0.727. The van der Waals surface area contributed by atoms with E-state index in [0.717, 1.165) is 23.9 Å². The Kier molecular flexibility index (Phi) is 3.26. The van der Waals surface area contributed by atoms with E-state index in [0.29, 0.717) is 12.0 Å². The van der Waals surface area contributed by atoms with Crippen molar-refractivity contribution in [2.75, 3.05) is 6.54 Å². The molecule has 1 fully saturated rings. The predicted molar refractivity (Wildman–Crippen MR) is 62.4 cm³/mol. The van der Waals surface area contributed by atoms with E-state index >= 15 is 0 Å². The Labute approximate surface area is 94.7 Å². The molecule has 0 aromatic carbocycles. The molecule has 1 aliphatic carbocycles. The molecule has 1 saturated carbocycles. The number of hydrogen-bond acceptors (Lipinski definition) is 4. The largest absolute Gasteiger partial charge is 0.466 e. The molecule has 4 heteroatoms. The fourth-order valence-corrected chi connectivity index (χ4v) is 2.86. The number of thiazole rings is 1. The first-order valence-corrected chi connectivity index (χ1v) is 6.33. The van der Waals surface area contributed by atoms with Gasteiger partial charge in [-0.1, -0.05) is 11.3 Å². The number of nitrogens with zero attached hydrogens (tertiary/aromatic N) is 1. The third-order valence-corrected chi connectivity index (χ3v) is 4.12. The van der Waals surface area contributed by atoms with Gasteiger partial charge in [-0.05, 0) is 39.7 Å². The average molecular weight is 226 g/mol. The van der Waals surface area contributed by atoms with Gasteiger partial charge >= 0.3 is 0 Å². The standard InChI is InChI=1S/C11H18N2OS/c1-7-8(2)15-11(13-7)14-10-5-3-4-9(10)6-12/h9-10H,3-6,12H2,1-2H3. The molecule has 0 aliphatic heterocycles. The maximum Gasteiger partial charge on any atom is 0.273 e. The van der Waals surface area contributed by atoms with E-state index in [-0.39, 0.29) is 0 Å². The lowest BCUT2D eigenvalue weighted by atomic mass is 10.1. The first-order valence-electron chi connectivity index (χ1n) is 5.51. The van der Waals surface area contributed by atoms with Crippen molar-refractivity contribution in [3.8, 4) is 5.19 Å². The minimum atomic E-state index is 0.292. The molecule has 0 amide bonds. The van der Waals surface area contributed by atoms with Crippen LogP contribution in [-0.4, -0.2) is 17.6 Å². The summed E-state index contributed by atoms with van der Waals surface area (Å²) in [4.78, 5) is 5.64. The van der Waals surface area contributed by atoms with Gasteiger partial charge in [0.2, 0.25) is 0 Å². The lowest BCUT2D eigenvalue weighted by Gasteiger charge is -2.17. The summed E-state index contributed by atoms with van der Waals surface area (Å²) < 4.78 is 5.91. The highest BCUT2D eigenvalue weighted by atomic mass is 32.1. The topological polar surface area (TPSA) is 48.1 Å². The van der Waals surface area contributed by atoms with Crippen LogP contribution in [0.1, 0.15) is 29.8 Å². The van der Waals surface area contributed by atoms with E-state index in [1.54, 1.807) is 11.3 Å². The predicted octanol–water partition coefficient (Wildman–Crippen LogP) is 2.27. The van der Waals surface area contributed by atoms with Gasteiger partial charge in [-0.25, -0.2) is 4.98 Å². The zero-order valence-corrected chi connectivity index (χ0v) is 10.1. The van der Waals surface area contributed by atoms with Crippen LogP contribution in [-0.2, 0) is 0 Å². The van der Waals surface area contributed by atoms with Crippen LogP contribution < -0.4 is 10.5 Å². The molecule has 1 aliphatic rings. The molecule has 2 rings (SSSR count). The highest BCUT2D eigenvalue weighted by Crippen LogP contribution is 2.31. The number of ether oxygens (including phenoxy) is 1. The number of aryl methyl sites for hydroxylation is 2. The van der Waals surface area contributed by atoms with Crippen molar-refractivity contribution in [3.63, 3.8) is 0 Å². The second-order valence-corrected chi connectivity index (χ2v) is 5.37. The van der Waals surface area contributed by atoms with Crippen LogP contribution in [0.25, 0.3) is 0 Å². The Hall–Kier alpha value is -0.610. The van der Waals surface area contributed by atoms with Gasteiger partial charge in [-0.15, -0.1) is 0 Å². The van der Waals surface area contributed by atoms with Gasteiger partial charge in [-0.2, -0.15) is 0 Å². The monoisotopic (exact) mass is 226 g/mol. The molecule has 0 bridgehead atoms. The van der Waals surface area contributed by atoms with Crippen molar-refractivity contribution in [1.82, 2.24) is 4.98 Å². The molecule has 3 nitrogen and oxygen atoms in total. The maximum absolute atomic E-state index is 5.91. The van der Waals surface area contributed by atoms with Gasteiger partial charge in [0.15, 0.2) is 0 Å². The minimum Gasteiger partial charge on any atom is -0.466 e. The quantitative estimate of drug-likeness (QED) is 0.860. The summed E-state index contributed by atoms with van der Waals surface area (Å²) in [5.74, 6) is 0.523. The van der Waals surface area contributed by atoms with Crippen molar-refractivity contribution in [2.24, 2.45) is 11.7 Å². The van der Waals surface area contributed by atoms with Gasteiger partial charge in [0, 0.05) is 10.8 Å². The maximum atomic E-state index is 5.91. The molecule has 2 N–H and O–H groups in total. The molecule has 2 atom stereocenters. The van der Waals surface area contributed by atoms with Crippen LogP contribution in [0.3, 0.4) is 0 Å². The lowest BCUT2D eigenvalue weighted by molar-refractivity contribution is 0.161. The summed E-state index contributed by atoms with van der Waals surface area (Å²) in [5, 5.41) is 0.815. The molecule has 1 heterocycles. The molecular formula is C11H18N2OS. The zero-order chi connectivity index (χ0) is 10.8. The Morgan fingerprint density at radius 3 is 2.87 bits per heavy atom. The van der Waals surface area contributed by atoms with Crippen molar-refractivity contribution < 1.29 is 4.74 Å². The van der Waals surface area contributed by atoms with Crippen molar-refractivity contribution in [3.05, 3.63) is 10.6 Å². The molecule has 0 radical (unpaired) electrons. The Bertz CT molecular complexity index is 318. The highest BCUT2D eigenvalue weighted by Gasteiger charge is 2.28. The van der Waals surface area contributed by atoms with Crippen LogP contribution in [0, 0.1) is 19.8 Å². The lowest BCUT2D eigenvalue weighted by Crippen LogP contribution is -2.27. The fourth-order valence-electron chi connectivity index (χ4n) is 2.05. The zero-order valence-electron chi connectivity index (χ0n) is 9.32. The smallest absolute Gasteiger partial charge is 0.273 e. The van der Waals surface area contributed by atoms with Gasteiger partial charge in [0.05, 0.1) is 5.69 Å². The van der Waals surface area contributed by atoms with E-state index in [2.05, 4.69) is 11.9 Å². The number of nitrogens with two attached hydrogens (primary N) is 1. The summed E-state index contributed by atoms with van der Waals surface area (Å²) in [6.45, 7) is 4.83. The Balaban J connectivity index is 2.02. The second-order valence-electron chi connectivity index (χ2n) is 4.20. The van der Waals surface area contributed by atoms with Crippen LogP contribution in [0.5, 0.6) is 5.19 Å². The van der Waals surface area contributed by atoms with Crippen LogP contribution in [0.4, 0.5) is 0 Å². The van der Waals surface area contributed by atoms with Gasteiger partial charge in [0.1, 0.15) is 6.10 Å². The first-order chi connectivity index (χ1) is 7.20. The van der Waals surface area contributed by atoms with Gasteiger partial charge < -0.3 is 10.5 Å². The van der Waals surface area contributed by atoms with Gasteiger partial charge in [0.25, 0.3) is 5.19 Å². The minimum absolute atomic E-state index is 0.292. The summed E-state index contributed by atoms with van der Waals surface area (Å²) in [5.41, 5.74) is 6.80. The number of rotatable bonds is 3. The Morgan fingerprint density at radius 2 is 2.27 bits per heavy atom. The van der Waals surface area contributed by atoms with Crippen LogP contribution in [0.15, 0.2) is 0 Å². The van der Waals surface area contributed by atoms with E-state index in [1.807, 2.05) is 6.92 Å². The SMILES string of the molecule is Cc1nc(OC2CCCC2CN)sc1C. The molecule has 0 saturated heterocycles. The Morgan fingerprint density at radius 1 is 1.47 bits per heavy atom. The van der Waals surface area contributed by atoms with Crippen molar-refractivity contribution in [2.45, 2.75) is 39.2 Å². The summed E-state index contributed by atoms with van der Waals surface area (Å²) >= 11 is 1.64. The molecule has 15 heavy (non-hydrogen) atoms. The van der Waals surface area contributed by atoms with Gasteiger partial charge in [-0.3, -0.25) is 0 Å². The third kappa shape index (κ3) is 2.32. The second kappa shape index (κ2) is 4.49. The normalized spacial score (nSPS) is 25.8. The van der Waals surface area contributed by atoms with E-state index in [1.165, 1.54) is 17.7 Å². The number of aromatic nitrogens is 1. The van der Waals surface area contributed by atoms with Crippen LogP contribution in [0.2, 0.25) is 0 Å². The summed E-state index contributed by atoms with van der Waals surface area (Å²) in [6.07, 6.45) is 3.85. The third-order valence-electron chi connectivity index (χ3n) is 3.15. The van der Waals surface area contributed by atoms with Crippen LogP contribution >= 0.6 is 11.3 Å². The first kappa shape index (κ1) is 10.9. The molecule has 1 aromatic rings. The van der Waals surface area contributed by atoms with E-state index in [9.17, 15) is 0 Å². The summed E-state index contributed by atoms with van der Waals surface area (Å²) in [7, 11) is 0. The molecule has 0 spiro atoms. The molecular weight excluding hydrogens is 208 g/mol. The van der Waals surface area contributed by atoms with Crippen molar-refractivity contribution in [1.29, 1.82) is 0 Å². The van der Waals surface area contributed by atoms with Crippen molar-refractivity contribution >= 4 is 11.3 Å².